The lowest BCUT2D eigenvalue weighted by Gasteiger charge is -2.13. The maximum Gasteiger partial charge on any atom is 0.257 e. The zero-order valence-electron chi connectivity index (χ0n) is 16.6. The number of carbonyl (C=O) groups excluding carboxylic acids is 1. The van der Waals surface area contributed by atoms with E-state index in [1.807, 2.05) is 50.2 Å². The molecule has 0 bridgehead atoms. The molecule has 0 aliphatic heterocycles. The molecule has 0 aliphatic carbocycles. The van der Waals surface area contributed by atoms with E-state index in [9.17, 15) is 9.18 Å². The minimum Gasteiger partial charge on any atom is -0.322 e. The minimum atomic E-state index is -0.364. The number of rotatable bonds is 4. The summed E-state index contributed by atoms with van der Waals surface area (Å²) in [5.74, 6) is -0.612. The molecule has 0 aliphatic rings. The third-order valence-electron chi connectivity index (χ3n) is 5.03. The monoisotopic (exact) mass is 418 g/mol. The number of benzene rings is 3. The third-order valence-corrected chi connectivity index (χ3v) is 5.29. The Kier molecular flexibility index (Phi) is 5.42. The van der Waals surface area contributed by atoms with Gasteiger partial charge in [0.15, 0.2) is 0 Å². The first-order valence-corrected chi connectivity index (χ1v) is 9.93. The predicted octanol–water partition coefficient (Wildman–Crippen LogP) is 6.81. The second-order valence-electron chi connectivity index (χ2n) is 7.14. The lowest BCUT2D eigenvalue weighted by atomic mass is 10.1. The van der Waals surface area contributed by atoms with Crippen LogP contribution in [0, 0.1) is 19.7 Å². The van der Waals surface area contributed by atoms with Gasteiger partial charge in [-0.05, 0) is 61.9 Å². The Morgan fingerprint density at radius 1 is 0.933 bits per heavy atom. The molecular weight excluding hydrogens is 399 g/mol. The minimum absolute atomic E-state index is 0.248. The number of para-hydroxylation sites is 1. The van der Waals surface area contributed by atoms with Gasteiger partial charge in [0, 0.05) is 16.4 Å². The van der Waals surface area contributed by atoms with E-state index in [1.54, 1.807) is 41.0 Å². The SMILES string of the molecule is Cc1ccc(NC(=O)c2cc(-c3ccc(Cl)cc3)n(-c3ccccc3F)c2C)cc1. The molecule has 0 spiro atoms. The van der Waals surface area contributed by atoms with Crippen molar-refractivity contribution in [2.24, 2.45) is 0 Å². The number of aromatic nitrogens is 1. The van der Waals surface area contributed by atoms with E-state index in [0.717, 1.165) is 11.1 Å². The summed E-state index contributed by atoms with van der Waals surface area (Å²) in [5, 5.41) is 3.53. The second kappa shape index (κ2) is 8.17. The summed E-state index contributed by atoms with van der Waals surface area (Å²) >= 11 is 6.04. The second-order valence-corrected chi connectivity index (χ2v) is 7.58. The molecule has 1 aromatic heterocycles. The van der Waals surface area contributed by atoms with Crippen LogP contribution < -0.4 is 5.32 Å². The molecule has 0 atom stereocenters. The fraction of sp³-hybridized carbons (Fsp3) is 0.0800. The van der Waals surface area contributed by atoms with E-state index < -0.39 is 0 Å². The maximum atomic E-state index is 14.7. The molecule has 5 heteroatoms. The van der Waals surface area contributed by atoms with Gasteiger partial charge in [0.05, 0.1) is 16.9 Å². The highest BCUT2D eigenvalue weighted by atomic mass is 35.5. The molecule has 0 saturated carbocycles. The molecule has 30 heavy (non-hydrogen) atoms. The number of nitrogens with one attached hydrogen (secondary N) is 1. The number of aryl methyl sites for hydroxylation is 1. The van der Waals surface area contributed by atoms with Crippen LogP contribution >= 0.6 is 11.6 Å². The van der Waals surface area contributed by atoms with Crippen LogP contribution in [0.25, 0.3) is 16.9 Å². The normalized spacial score (nSPS) is 10.8. The van der Waals surface area contributed by atoms with Crippen molar-refractivity contribution in [3.05, 3.63) is 107 Å². The molecule has 1 heterocycles. The number of anilines is 1. The van der Waals surface area contributed by atoms with Crippen LogP contribution in [0.3, 0.4) is 0 Å². The van der Waals surface area contributed by atoms with Gasteiger partial charge in [0.25, 0.3) is 5.91 Å². The highest BCUT2D eigenvalue weighted by Gasteiger charge is 2.21. The van der Waals surface area contributed by atoms with Crippen molar-refractivity contribution in [2.45, 2.75) is 13.8 Å². The highest BCUT2D eigenvalue weighted by Crippen LogP contribution is 2.31. The Balaban J connectivity index is 1.83. The fourth-order valence-electron chi connectivity index (χ4n) is 3.45. The van der Waals surface area contributed by atoms with Gasteiger partial charge in [0.2, 0.25) is 0 Å². The molecule has 0 saturated heterocycles. The standard InChI is InChI=1S/C25H20ClFN2O/c1-16-7-13-20(14-8-16)28-25(30)21-15-24(18-9-11-19(26)12-10-18)29(17(21)2)23-6-4-3-5-22(23)27/h3-15H,1-2H3,(H,28,30). The topological polar surface area (TPSA) is 34.0 Å². The quantitative estimate of drug-likeness (QED) is 0.388. The number of amides is 1. The van der Waals surface area contributed by atoms with Crippen molar-refractivity contribution in [1.29, 1.82) is 0 Å². The molecule has 4 aromatic rings. The van der Waals surface area contributed by atoms with Gasteiger partial charge in [-0.15, -0.1) is 0 Å². The summed E-state index contributed by atoms with van der Waals surface area (Å²) in [6.07, 6.45) is 0. The molecule has 0 radical (unpaired) electrons. The van der Waals surface area contributed by atoms with E-state index in [1.165, 1.54) is 6.07 Å². The van der Waals surface area contributed by atoms with Gasteiger partial charge < -0.3 is 9.88 Å². The van der Waals surface area contributed by atoms with E-state index in [0.29, 0.717) is 33.3 Å². The number of hydrogen-bond donors (Lipinski definition) is 1. The highest BCUT2D eigenvalue weighted by molar-refractivity contribution is 6.30. The van der Waals surface area contributed by atoms with Crippen LogP contribution in [0.4, 0.5) is 10.1 Å². The van der Waals surface area contributed by atoms with Crippen LogP contribution in [0.5, 0.6) is 0 Å². The number of hydrogen-bond acceptors (Lipinski definition) is 1. The summed E-state index contributed by atoms with van der Waals surface area (Å²) in [6.45, 7) is 3.80. The summed E-state index contributed by atoms with van der Waals surface area (Å²) in [4.78, 5) is 13.0. The first-order valence-electron chi connectivity index (χ1n) is 9.55. The van der Waals surface area contributed by atoms with Gasteiger partial charge in [-0.2, -0.15) is 0 Å². The molecule has 4 rings (SSSR count). The van der Waals surface area contributed by atoms with Crippen molar-refractivity contribution in [2.75, 3.05) is 5.32 Å². The Labute approximate surface area is 179 Å². The zero-order chi connectivity index (χ0) is 21.3. The van der Waals surface area contributed by atoms with Crippen molar-refractivity contribution in [3.63, 3.8) is 0 Å². The first kappa shape index (κ1) is 19.9. The lowest BCUT2D eigenvalue weighted by Crippen LogP contribution is -2.13. The van der Waals surface area contributed by atoms with Crippen molar-refractivity contribution < 1.29 is 9.18 Å². The maximum absolute atomic E-state index is 14.7. The van der Waals surface area contributed by atoms with Crippen LogP contribution in [0.2, 0.25) is 5.02 Å². The van der Waals surface area contributed by atoms with Gasteiger partial charge in [0.1, 0.15) is 5.82 Å². The Bertz CT molecular complexity index is 1210. The molecule has 0 unspecified atom stereocenters. The van der Waals surface area contributed by atoms with Crippen molar-refractivity contribution in [1.82, 2.24) is 4.57 Å². The fourth-order valence-corrected chi connectivity index (χ4v) is 3.57. The Morgan fingerprint density at radius 2 is 1.60 bits per heavy atom. The van der Waals surface area contributed by atoms with Gasteiger partial charge in [-0.1, -0.05) is 53.6 Å². The molecular formula is C25H20ClFN2O. The van der Waals surface area contributed by atoms with Gasteiger partial charge >= 0.3 is 0 Å². The molecule has 3 nitrogen and oxygen atoms in total. The van der Waals surface area contributed by atoms with E-state index >= 15 is 0 Å². The predicted molar refractivity (Wildman–Crippen MR) is 120 cm³/mol. The zero-order valence-corrected chi connectivity index (χ0v) is 17.4. The van der Waals surface area contributed by atoms with E-state index in [4.69, 9.17) is 11.6 Å². The number of halogens is 2. The van der Waals surface area contributed by atoms with Crippen molar-refractivity contribution in [3.8, 4) is 16.9 Å². The first-order chi connectivity index (χ1) is 14.4. The van der Waals surface area contributed by atoms with E-state index in [-0.39, 0.29) is 11.7 Å². The summed E-state index contributed by atoms with van der Waals surface area (Å²) < 4.78 is 16.4. The molecule has 1 N–H and O–H groups in total. The number of carbonyl (C=O) groups is 1. The average molecular weight is 419 g/mol. The molecule has 1 amide bonds. The van der Waals surface area contributed by atoms with Crippen molar-refractivity contribution >= 4 is 23.2 Å². The van der Waals surface area contributed by atoms with Crippen LogP contribution in [-0.2, 0) is 0 Å². The van der Waals surface area contributed by atoms with Crippen LogP contribution in [-0.4, -0.2) is 10.5 Å². The van der Waals surface area contributed by atoms with E-state index in [2.05, 4.69) is 5.32 Å². The van der Waals surface area contributed by atoms with Gasteiger partial charge in [-0.3, -0.25) is 4.79 Å². The van der Waals surface area contributed by atoms with Crippen LogP contribution in [0.1, 0.15) is 21.6 Å². The largest absolute Gasteiger partial charge is 0.322 e. The van der Waals surface area contributed by atoms with Crippen LogP contribution in [0.15, 0.2) is 78.9 Å². The number of nitrogens with zero attached hydrogens (tertiary/aromatic N) is 1. The van der Waals surface area contributed by atoms with Gasteiger partial charge in [-0.25, -0.2) is 4.39 Å². The third kappa shape index (κ3) is 3.87. The Hall–Kier alpha value is -3.37. The summed E-state index contributed by atoms with van der Waals surface area (Å²) in [5.41, 5.74) is 4.87. The molecule has 3 aromatic carbocycles. The lowest BCUT2D eigenvalue weighted by molar-refractivity contribution is 0.102. The molecule has 0 fully saturated rings. The Morgan fingerprint density at radius 3 is 2.27 bits per heavy atom. The summed E-state index contributed by atoms with van der Waals surface area (Å²) in [6, 6.07) is 23.2. The smallest absolute Gasteiger partial charge is 0.257 e. The molecule has 150 valence electrons. The summed E-state index contributed by atoms with van der Waals surface area (Å²) in [7, 11) is 0. The average Bonchev–Trinajstić information content (AvgIpc) is 3.08.